The highest BCUT2D eigenvalue weighted by atomic mass is 15.1. The van der Waals surface area contributed by atoms with Gasteiger partial charge in [-0.05, 0) is 37.4 Å². The van der Waals surface area contributed by atoms with Gasteiger partial charge >= 0.3 is 0 Å². The lowest BCUT2D eigenvalue weighted by atomic mass is 10.2. The lowest BCUT2D eigenvalue weighted by Gasteiger charge is -2.18. The first kappa shape index (κ1) is 14.5. The van der Waals surface area contributed by atoms with Crippen LogP contribution in [0.1, 0.15) is 19.5 Å². The van der Waals surface area contributed by atoms with E-state index in [1.54, 1.807) is 6.20 Å². The van der Waals surface area contributed by atoms with E-state index in [0.29, 0.717) is 0 Å². The molecule has 0 aliphatic rings. The lowest BCUT2D eigenvalue weighted by molar-refractivity contribution is 0.292. The van der Waals surface area contributed by atoms with Crippen LogP contribution < -0.4 is 5.73 Å². The molecule has 2 N–H and O–H groups in total. The van der Waals surface area contributed by atoms with E-state index in [9.17, 15) is 0 Å². The fraction of sp³-hybridized carbons (Fsp3) is 0.294. The molecule has 0 atom stereocenters. The molecule has 0 radical (unpaired) electrons. The summed E-state index contributed by atoms with van der Waals surface area (Å²) in [6.07, 6.45) is 3.74. The second-order valence-electron chi connectivity index (χ2n) is 5.27. The van der Waals surface area contributed by atoms with E-state index in [2.05, 4.69) is 28.1 Å². The van der Waals surface area contributed by atoms with Gasteiger partial charge < -0.3 is 5.73 Å². The van der Waals surface area contributed by atoms with Crippen LogP contribution in [0.3, 0.4) is 0 Å². The van der Waals surface area contributed by atoms with E-state index >= 15 is 0 Å². The molecule has 0 aliphatic carbocycles. The van der Waals surface area contributed by atoms with Crippen LogP contribution in [0.25, 0.3) is 17.0 Å². The molecule has 5 nitrogen and oxygen atoms in total. The second kappa shape index (κ2) is 6.15. The summed E-state index contributed by atoms with van der Waals surface area (Å²) in [6, 6.07) is 9.74. The Labute approximate surface area is 130 Å². The number of aromatic nitrogens is 3. The summed E-state index contributed by atoms with van der Waals surface area (Å²) in [7, 11) is 0. The molecule has 5 heteroatoms. The molecule has 3 aromatic rings. The van der Waals surface area contributed by atoms with Crippen LogP contribution in [0.15, 0.2) is 42.7 Å². The maximum atomic E-state index is 5.96. The molecule has 0 saturated carbocycles. The Morgan fingerprint density at radius 2 is 1.95 bits per heavy atom. The molecule has 0 unspecified atom stereocenters. The smallest absolute Gasteiger partial charge is 0.137 e. The Bertz CT molecular complexity index is 759. The fourth-order valence-corrected chi connectivity index (χ4v) is 2.63. The van der Waals surface area contributed by atoms with Crippen molar-refractivity contribution in [2.45, 2.75) is 20.4 Å². The standard InChI is InChI=1S/C17H21N5/c1-3-21(4-2)12-15-17(14-7-5-6-10-19-14)20-16-9-8-13(18)11-22(15)16/h5-11H,3-4,12,18H2,1-2H3. The molecule has 0 fully saturated rings. The number of rotatable bonds is 5. The molecule has 3 aromatic heterocycles. The van der Waals surface area contributed by atoms with Gasteiger partial charge in [-0.3, -0.25) is 14.3 Å². The summed E-state index contributed by atoms with van der Waals surface area (Å²) < 4.78 is 2.08. The highest BCUT2D eigenvalue weighted by Gasteiger charge is 2.16. The van der Waals surface area contributed by atoms with Crippen molar-refractivity contribution in [1.29, 1.82) is 0 Å². The zero-order valence-electron chi connectivity index (χ0n) is 13.0. The van der Waals surface area contributed by atoms with Crippen molar-refractivity contribution in [3.63, 3.8) is 0 Å². The summed E-state index contributed by atoms with van der Waals surface area (Å²) in [5.74, 6) is 0. The van der Waals surface area contributed by atoms with Gasteiger partial charge in [0.05, 0.1) is 11.4 Å². The summed E-state index contributed by atoms with van der Waals surface area (Å²) in [4.78, 5) is 11.6. The van der Waals surface area contributed by atoms with Crippen molar-refractivity contribution in [1.82, 2.24) is 19.3 Å². The quantitative estimate of drug-likeness (QED) is 0.786. The van der Waals surface area contributed by atoms with E-state index in [-0.39, 0.29) is 0 Å². The molecule has 0 spiro atoms. The van der Waals surface area contributed by atoms with Crippen LogP contribution in [-0.2, 0) is 6.54 Å². The predicted molar refractivity (Wildman–Crippen MR) is 89.5 cm³/mol. The van der Waals surface area contributed by atoms with Crippen LogP contribution in [-0.4, -0.2) is 32.4 Å². The van der Waals surface area contributed by atoms with Crippen molar-refractivity contribution >= 4 is 11.3 Å². The first-order valence-corrected chi connectivity index (χ1v) is 7.63. The molecule has 0 aliphatic heterocycles. The average molecular weight is 295 g/mol. The molecule has 0 saturated heterocycles. The van der Waals surface area contributed by atoms with Crippen LogP contribution >= 0.6 is 0 Å². The van der Waals surface area contributed by atoms with Gasteiger partial charge in [0.1, 0.15) is 11.3 Å². The predicted octanol–water partition coefficient (Wildman–Crippen LogP) is 2.82. The van der Waals surface area contributed by atoms with E-state index < -0.39 is 0 Å². The van der Waals surface area contributed by atoms with Crippen molar-refractivity contribution in [3.8, 4) is 11.4 Å². The van der Waals surface area contributed by atoms with Crippen LogP contribution in [0, 0.1) is 0 Å². The Hall–Kier alpha value is -2.40. The number of pyridine rings is 2. The number of nitrogens with two attached hydrogens (primary N) is 1. The fourth-order valence-electron chi connectivity index (χ4n) is 2.63. The van der Waals surface area contributed by atoms with Gasteiger partial charge in [-0.1, -0.05) is 19.9 Å². The summed E-state index contributed by atoms with van der Waals surface area (Å²) in [5, 5.41) is 0. The molecule has 3 heterocycles. The average Bonchev–Trinajstić information content (AvgIpc) is 2.91. The Morgan fingerprint density at radius 1 is 1.14 bits per heavy atom. The molecule has 3 rings (SSSR count). The monoisotopic (exact) mass is 295 g/mol. The molecule has 0 amide bonds. The van der Waals surface area contributed by atoms with Crippen molar-refractivity contribution in [3.05, 3.63) is 48.4 Å². The number of nitrogen functional groups attached to an aromatic ring is 1. The van der Waals surface area contributed by atoms with Gasteiger partial charge in [0.2, 0.25) is 0 Å². The third-order valence-electron chi connectivity index (χ3n) is 3.92. The zero-order valence-corrected chi connectivity index (χ0v) is 13.0. The second-order valence-corrected chi connectivity index (χ2v) is 5.27. The van der Waals surface area contributed by atoms with Crippen molar-refractivity contribution in [2.24, 2.45) is 0 Å². The highest BCUT2D eigenvalue weighted by molar-refractivity contribution is 5.64. The van der Waals surface area contributed by atoms with Crippen LogP contribution in [0.2, 0.25) is 0 Å². The zero-order chi connectivity index (χ0) is 15.5. The summed E-state index contributed by atoms with van der Waals surface area (Å²) in [5.41, 5.74) is 10.5. The number of anilines is 1. The SMILES string of the molecule is CCN(CC)Cc1c(-c2ccccn2)nc2ccc(N)cn12. The highest BCUT2D eigenvalue weighted by Crippen LogP contribution is 2.24. The summed E-state index contributed by atoms with van der Waals surface area (Å²) >= 11 is 0. The lowest BCUT2D eigenvalue weighted by Crippen LogP contribution is -2.23. The van der Waals surface area contributed by atoms with E-state index in [1.165, 1.54) is 0 Å². The van der Waals surface area contributed by atoms with E-state index in [4.69, 9.17) is 10.7 Å². The Morgan fingerprint density at radius 3 is 2.64 bits per heavy atom. The topological polar surface area (TPSA) is 59.5 Å². The number of fused-ring (bicyclic) bond motifs is 1. The minimum Gasteiger partial charge on any atom is -0.398 e. The van der Waals surface area contributed by atoms with Crippen LogP contribution in [0.4, 0.5) is 5.69 Å². The van der Waals surface area contributed by atoms with E-state index in [1.807, 2.05) is 36.5 Å². The van der Waals surface area contributed by atoms with E-state index in [0.717, 1.165) is 48.1 Å². The molecule has 114 valence electrons. The van der Waals surface area contributed by atoms with Gasteiger partial charge in [-0.25, -0.2) is 4.98 Å². The molecular weight excluding hydrogens is 274 g/mol. The first-order chi connectivity index (χ1) is 10.7. The third kappa shape index (κ3) is 2.67. The van der Waals surface area contributed by atoms with Crippen molar-refractivity contribution < 1.29 is 0 Å². The third-order valence-corrected chi connectivity index (χ3v) is 3.92. The Kier molecular flexibility index (Phi) is 4.06. The van der Waals surface area contributed by atoms with Crippen LogP contribution in [0.5, 0.6) is 0 Å². The largest absolute Gasteiger partial charge is 0.398 e. The van der Waals surface area contributed by atoms with Crippen molar-refractivity contribution in [2.75, 3.05) is 18.8 Å². The number of hydrogen-bond donors (Lipinski definition) is 1. The molecular formula is C17H21N5. The number of nitrogens with zero attached hydrogens (tertiary/aromatic N) is 4. The minimum atomic E-state index is 0.735. The number of hydrogen-bond acceptors (Lipinski definition) is 4. The van der Waals surface area contributed by atoms with Gasteiger partial charge in [-0.2, -0.15) is 0 Å². The van der Waals surface area contributed by atoms with Gasteiger partial charge in [0, 0.05) is 24.6 Å². The van der Waals surface area contributed by atoms with Gasteiger partial charge in [0.15, 0.2) is 0 Å². The maximum absolute atomic E-state index is 5.96. The Balaban J connectivity index is 2.18. The molecule has 22 heavy (non-hydrogen) atoms. The summed E-state index contributed by atoms with van der Waals surface area (Å²) in [6.45, 7) is 7.15. The molecule has 0 aromatic carbocycles. The van der Waals surface area contributed by atoms with Gasteiger partial charge in [0.25, 0.3) is 0 Å². The maximum Gasteiger partial charge on any atom is 0.137 e. The minimum absolute atomic E-state index is 0.735. The number of imidazole rings is 1. The normalized spacial score (nSPS) is 11.4. The van der Waals surface area contributed by atoms with Gasteiger partial charge in [-0.15, -0.1) is 0 Å². The first-order valence-electron chi connectivity index (χ1n) is 7.63. The molecule has 0 bridgehead atoms.